The molecule has 3 aromatic rings. The van der Waals surface area contributed by atoms with Crippen LogP contribution in [0.4, 0.5) is 11.6 Å². The fraction of sp³-hybridized carbons (Fsp3) is 0.150. The van der Waals surface area contributed by atoms with Crippen molar-refractivity contribution in [2.45, 2.75) is 6.54 Å². The Hall–Kier alpha value is -3.32. The summed E-state index contributed by atoms with van der Waals surface area (Å²) in [6, 6.07) is 14.1. The van der Waals surface area contributed by atoms with Crippen molar-refractivity contribution in [3.63, 3.8) is 0 Å². The van der Waals surface area contributed by atoms with E-state index in [4.69, 9.17) is 21.1 Å². The first-order chi connectivity index (χ1) is 13.6. The lowest BCUT2D eigenvalue weighted by Gasteiger charge is -2.12. The van der Waals surface area contributed by atoms with Crippen LogP contribution in [0.15, 0.2) is 54.7 Å². The van der Waals surface area contributed by atoms with Crippen molar-refractivity contribution < 1.29 is 14.3 Å². The second-order valence-electron chi connectivity index (χ2n) is 5.73. The quantitative estimate of drug-likeness (QED) is 0.625. The largest absolute Gasteiger partial charge is 0.497 e. The standard InChI is InChI=1S/C20H19ClN4O3/c1-27-14-7-8-18(28-2)17(11-14)24-19(26)16-9-10-22-20(25-16)23-12-13-5-3-4-6-15(13)21/h3-11H,12H2,1-2H3,(H,24,26)(H,22,23,25). The van der Waals surface area contributed by atoms with Crippen LogP contribution >= 0.6 is 11.6 Å². The summed E-state index contributed by atoms with van der Waals surface area (Å²) in [5.41, 5.74) is 1.60. The number of carbonyl (C=O) groups excluding carboxylic acids is 1. The Balaban J connectivity index is 1.73. The van der Waals surface area contributed by atoms with E-state index in [1.807, 2.05) is 24.3 Å². The van der Waals surface area contributed by atoms with Gasteiger partial charge in [0.05, 0.1) is 19.9 Å². The van der Waals surface area contributed by atoms with Gasteiger partial charge in [0.15, 0.2) is 0 Å². The zero-order valence-electron chi connectivity index (χ0n) is 15.4. The number of ether oxygens (including phenoxy) is 2. The predicted octanol–water partition coefficient (Wildman–Crippen LogP) is 4.01. The van der Waals surface area contributed by atoms with E-state index in [-0.39, 0.29) is 5.69 Å². The van der Waals surface area contributed by atoms with Crippen LogP contribution in [-0.2, 0) is 6.54 Å². The van der Waals surface area contributed by atoms with Crippen LogP contribution in [0.5, 0.6) is 11.5 Å². The van der Waals surface area contributed by atoms with Gasteiger partial charge in [-0.25, -0.2) is 9.97 Å². The third kappa shape index (κ3) is 4.69. The Bertz CT molecular complexity index is 981. The van der Waals surface area contributed by atoms with E-state index in [9.17, 15) is 4.79 Å². The van der Waals surface area contributed by atoms with Gasteiger partial charge < -0.3 is 20.1 Å². The monoisotopic (exact) mass is 398 g/mol. The molecule has 0 spiro atoms. The molecule has 2 aromatic carbocycles. The van der Waals surface area contributed by atoms with Crippen molar-refractivity contribution in [1.29, 1.82) is 0 Å². The first-order valence-corrected chi connectivity index (χ1v) is 8.82. The molecule has 0 fully saturated rings. The number of hydrogen-bond acceptors (Lipinski definition) is 6. The molecule has 1 aromatic heterocycles. The number of anilines is 2. The summed E-state index contributed by atoms with van der Waals surface area (Å²) >= 11 is 6.15. The molecule has 0 unspecified atom stereocenters. The molecule has 1 heterocycles. The van der Waals surface area contributed by atoms with Crippen LogP contribution in [0.1, 0.15) is 16.1 Å². The molecule has 0 saturated carbocycles. The van der Waals surface area contributed by atoms with Gasteiger partial charge >= 0.3 is 0 Å². The summed E-state index contributed by atoms with van der Waals surface area (Å²) in [6.45, 7) is 0.439. The second-order valence-corrected chi connectivity index (χ2v) is 6.14. The number of nitrogens with zero attached hydrogens (tertiary/aromatic N) is 2. The molecule has 2 N–H and O–H groups in total. The van der Waals surface area contributed by atoms with E-state index in [1.165, 1.54) is 19.4 Å². The number of halogens is 1. The van der Waals surface area contributed by atoms with E-state index in [2.05, 4.69) is 20.6 Å². The molecule has 3 rings (SSSR count). The van der Waals surface area contributed by atoms with Gasteiger partial charge in [-0.3, -0.25) is 4.79 Å². The second kappa shape index (κ2) is 9.05. The molecule has 0 bridgehead atoms. The summed E-state index contributed by atoms with van der Waals surface area (Å²) in [6.07, 6.45) is 1.51. The third-order valence-corrected chi connectivity index (χ3v) is 4.31. The van der Waals surface area contributed by atoms with Crippen molar-refractivity contribution in [2.24, 2.45) is 0 Å². The van der Waals surface area contributed by atoms with Crippen LogP contribution in [0.25, 0.3) is 0 Å². The van der Waals surface area contributed by atoms with E-state index >= 15 is 0 Å². The molecule has 8 heteroatoms. The molecule has 0 aliphatic rings. The number of methoxy groups -OCH3 is 2. The maximum Gasteiger partial charge on any atom is 0.274 e. The Morgan fingerprint density at radius 3 is 2.68 bits per heavy atom. The topological polar surface area (TPSA) is 85.4 Å². The molecule has 0 saturated heterocycles. The van der Waals surface area contributed by atoms with Gasteiger partial charge in [0.25, 0.3) is 5.91 Å². The highest BCUT2D eigenvalue weighted by molar-refractivity contribution is 6.31. The molecular weight excluding hydrogens is 380 g/mol. The summed E-state index contributed by atoms with van der Waals surface area (Å²) in [5, 5.41) is 6.50. The fourth-order valence-corrected chi connectivity index (χ4v) is 2.69. The number of carbonyl (C=O) groups is 1. The number of hydrogen-bond donors (Lipinski definition) is 2. The summed E-state index contributed by atoms with van der Waals surface area (Å²) in [5.74, 6) is 1.04. The molecule has 0 radical (unpaired) electrons. The normalized spacial score (nSPS) is 10.2. The van der Waals surface area contributed by atoms with E-state index in [0.717, 1.165) is 5.56 Å². The Morgan fingerprint density at radius 1 is 1.11 bits per heavy atom. The zero-order chi connectivity index (χ0) is 19.9. The molecule has 0 aliphatic carbocycles. The van der Waals surface area contributed by atoms with Crippen molar-refractivity contribution in [3.8, 4) is 11.5 Å². The average Bonchev–Trinajstić information content (AvgIpc) is 2.73. The molecule has 0 atom stereocenters. The minimum atomic E-state index is -0.394. The molecular formula is C20H19ClN4O3. The van der Waals surface area contributed by atoms with E-state index in [0.29, 0.717) is 34.7 Å². The lowest BCUT2D eigenvalue weighted by atomic mass is 10.2. The van der Waals surface area contributed by atoms with Crippen LogP contribution in [0, 0.1) is 0 Å². The third-order valence-electron chi connectivity index (χ3n) is 3.94. The Morgan fingerprint density at radius 2 is 1.93 bits per heavy atom. The fourth-order valence-electron chi connectivity index (χ4n) is 2.48. The lowest BCUT2D eigenvalue weighted by molar-refractivity contribution is 0.102. The molecule has 1 amide bonds. The molecule has 28 heavy (non-hydrogen) atoms. The highest BCUT2D eigenvalue weighted by Crippen LogP contribution is 2.29. The maximum absolute atomic E-state index is 12.6. The molecule has 7 nitrogen and oxygen atoms in total. The van der Waals surface area contributed by atoms with Gasteiger partial charge in [-0.05, 0) is 29.8 Å². The van der Waals surface area contributed by atoms with Gasteiger partial charge in [-0.1, -0.05) is 29.8 Å². The van der Waals surface area contributed by atoms with Crippen molar-refractivity contribution in [3.05, 3.63) is 71.0 Å². The van der Waals surface area contributed by atoms with Crippen molar-refractivity contribution in [1.82, 2.24) is 9.97 Å². The Labute approximate surface area is 167 Å². The maximum atomic E-state index is 12.6. The van der Waals surface area contributed by atoms with Gasteiger partial charge in [0, 0.05) is 23.8 Å². The molecule has 144 valence electrons. The van der Waals surface area contributed by atoms with Crippen molar-refractivity contribution >= 4 is 29.1 Å². The number of amides is 1. The lowest BCUT2D eigenvalue weighted by Crippen LogP contribution is -2.16. The SMILES string of the molecule is COc1ccc(OC)c(NC(=O)c2ccnc(NCc3ccccc3Cl)n2)c1. The first kappa shape index (κ1) is 19.4. The number of benzene rings is 2. The summed E-state index contributed by atoms with van der Waals surface area (Å²) in [7, 11) is 3.08. The van der Waals surface area contributed by atoms with Gasteiger partial charge in [0.1, 0.15) is 17.2 Å². The van der Waals surface area contributed by atoms with Crippen LogP contribution < -0.4 is 20.1 Å². The number of nitrogens with one attached hydrogen (secondary N) is 2. The minimum Gasteiger partial charge on any atom is -0.497 e. The van der Waals surface area contributed by atoms with Gasteiger partial charge in [0.2, 0.25) is 5.95 Å². The molecule has 0 aliphatic heterocycles. The summed E-state index contributed by atoms with van der Waals surface area (Å²) < 4.78 is 10.5. The highest BCUT2D eigenvalue weighted by Gasteiger charge is 2.13. The first-order valence-electron chi connectivity index (χ1n) is 8.44. The van der Waals surface area contributed by atoms with E-state index in [1.54, 1.807) is 25.3 Å². The van der Waals surface area contributed by atoms with Gasteiger partial charge in [-0.15, -0.1) is 0 Å². The predicted molar refractivity (Wildman–Crippen MR) is 108 cm³/mol. The van der Waals surface area contributed by atoms with Crippen LogP contribution in [-0.4, -0.2) is 30.1 Å². The highest BCUT2D eigenvalue weighted by atomic mass is 35.5. The Kier molecular flexibility index (Phi) is 6.29. The zero-order valence-corrected chi connectivity index (χ0v) is 16.2. The van der Waals surface area contributed by atoms with E-state index < -0.39 is 5.91 Å². The smallest absolute Gasteiger partial charge is 0.274 e. The summed E-state index contributed by atoms with van der Waals surface area (Å²) in [4.78, 5) is 21.0. The van der Waals surface area contributed by atoms with Crippen LogP contribution in [0.2, 0.25) is 5.02 Å². The van der Waals surface area contributed by atoms with Crippen molar-refractivity contribution in [2.75, 3.05) is 24.9 Å². The number of aromatic nitrogens is 2. The van der Waals surface area contributed by atoms with Crippen LogP contribution in [0.3, 0.4) is 0 Å². The average molecular weight is 399 g/mol. The minimum absolute atomic E-state index is 0.210. The number of rotatable bonds is 7. The van der Waals surface area contributed by atoms with Gasteiger partial charge in [-0.2, -0.15) is 0 Å².